The number of benzene rings is 6. The molecule has 0 aliphatic heterocycles. The van der Waals surface area contributed by atoms with Crippen LogP contribution in [0.25, 0.3) is 80.5 Å². The Morgan fingerprint density at radius 1 is 0.475 bits per heavy atom. The zero-order chi connectivity index (χ0) is 26.2. The molecular weight excluding hydrogens is 504 g/mol. The monoisotopic (exact) mass is 526 g/mol. The van der Waals surface area contributed by atoms with Crippen molar-refractivity contribution in [2.75, 3.05) is 0 Å². The number of hydrogen-bond acceptors (Lipinski definition) is 2. The summed E-state index contributed by atoms with van der Waals surface area (Å²) in [6.07, 6.45) is 2.02. The summed E-state index contributed by atoms with van der Waals surface area (Å²) in [4.78, 5) is 5.13. The second-order valence-electron chi connectivity index (χ2n) is 10.4. The highest BCUT2D eigenvalue weighted by molar-refractivity contribution is 7.25. The minimum atomic E-state index is 1.03. The quantitative estimate of drug-likeness (QED) is 0.205. The Labute approximate surface area is 234 Å². The molecule has 0 saturated heterocycles. The van der Waals surface area contributed by atoms with Crippen LogP contribution in [-0.4, -0.2) is 9.55 Å². The van der Waals surface area contributed by atoms with Gasteiger partial charge in [-0.3, -0.25) is 4.98 Å². The largest absolute Gasteiger partial charge is 0.307 e. The molecule has 0 bridgehead atoms. The molecule has 0 amide bonds. The molecule has 6 aromatic carbocycles. The Hall–Kier alpha value is -4.99. The van der Waals surface area contributed by atoms with Crippen molar-refractivity contribution in [3.63, 3.8) is 0 Å². The molecule has 2 nitrogen and oxygen atoms in total. The highest BCUT2D eigenvalue weighted by Gasteiger charge is 2.19. The molecule has 0 fully saturated rings. The molecule has 0 unspecified atom stereocenters. The van der Waals surface area contributed by atoms with E-state index in [1.165, 1.54) is 63.9 Å². The van der Waals surface area contributed by atoms with Crippen molar-refractivity contribution in [3.8, 4) is 16.8 Å². The fourth-order valence-corrected chi connectivity index (χ4v) is 7.48. The molecule has 0 atom stereocenters. The van der Waals surface area contributed by atoms with Crippen molar-refractivity contribution in [1.29, 1.82) is 0 Å². The topological polar surface area (TPSA) is 17.8 Å². The summed E-state index contributed by atoms with van der Waals surface area (Å²) < 4.78 is 5.06. The van der Waals surface area contributed by atoms with Crippen LogP contribution in [0.3, 0.4) is 0 Å². The van der Waals surface area contributed by atoms with Crippen LogP contribution in [0.1, 0.15) is 0 Å². The van der Waals surface area contributed by atoms with Gasteiger partial charge in [-0.15, -0.1) is 11.3 Å². The lowest BCUT2D eigenvalue weighted by Crippen LogP contribution is -1.96. The Kier molecular flexibility index (Phi) is 4.52. The van der Waals surface area contributed by atoms with Gasteiger partial charge in [-0.05, 0) is 52.1 Å². The van der Waals surface area contributed by atoms with E-state index in [-0.39, 0.29) is 0 Å². The number of aromatic nitrogens is 2. The lowest BCUT2D eigenvalue weighted by Gasteiger charge is -2.14. The highest BCUT2D eigenvalue weighted by Crippen LogP contribution is 2.42. The molecular formula is C37H22N2S. The van der Waals surface area contributed by atoms with E-state index in [0.29, 0.717) is 0 Å². The standard InChI is InChI=1S/C37H22N2S/c1-2-10-23(11-3-1)25-19-34-37(38-22-25)31-20-30-29-16-8-9-17-35(29)40-36(30)21-33(31)39(34)32-18-24-12-4-5-13-26(24)27-14-6-7-15-28(27)32/h1-22H. The summed E-state index contributed by atoms with van der Waals surface area (Å²) in [5.74, 6) is 0. The van der Waals surface area contributed by atoms with E-state index in [1.54, 1.807) is 0 Å². The third-order valence-electron chi connectivity index (χ3n) is 8.19. The van der Waals surface area contributed by atoms with Crippen molar-refractivity contribution in [1.82, 2.24) is 9.55 Å². The maximum Gasteiger partial charge on any atom is 0.0964 e. The zero-order valence-corrected chi connectivity index (χ0v) is 22.3. The first-order chi connectivity index (χ1) is 19.8. The summed E-state index contributed by atoms with van der Waals surface area (Å²) in [5.41, 5.74) is 6.82. The van der Waals surface area contributed by atoms with Gasteiger partial charge in [0.05, 0.1) is 22.2 Å². The van der Waals surface area contributed by atoms with Gasteiger partial charge in [0.2, 0.25) is 0 Å². The number of fused-ring (bicyclic) bond motifs is 9. The number of hydrogen-bond donors (Lipinski definition) is 0. The lowest BCUT2D eigenvalue weighted by atomic mass is 10.00. The van der Waals surface area contributed by atoms with Gasteiger partial charge in [0.1, 0.15) is 0 Å². The third-order valence-corrected chi connectivity index (χ3v) is 9.33. The second kappa shape index (κ2) is 8.25. The van der Waals surface area contributed by atoms with Crippen LogP contribution in [0.15, 0.2) is 134 Å². The highest BCUT2D eigenvalue weighted by atomic mass is 32.1. The summed E-state index contributed by atoms with van der Waals surface area (Å²) in [6.45, 7) is 0. The molecule has 186 valence electrons. The van der Waals surface area contributed by atoms with Gasteiger partial charge in [0.25, 0.3) is 0 Å². The van der Waals surface area contributed by atoms with Crippen molar-refractivity contribution in [2.45, 2.75) is 0 Å². The van der Waals surface area contributed by atoms with E-state index >= 15 is 0 Å². The maximum atomic E-state index is 5.13. The van der Waals surface area contributed by atoms with E-state index in [0.717, 1.165) is 16.6 Å². The van der Waals surface area contributed by atoms with Crippen molar-refractivity contribution in [2.24, 2.45) is 0 Å². The van der Waals surface area contributed by atoms with E-state index < -0.39 is 0 Å². The number of pyridine rings is 1. The molecule has 0 N–H and O–H groups in total. The molecule has 40 heavy (non-hydrogen) atoms. The normalized spacial score (nSPS) is 12.0. The van der Waals surface area contributed by atoms with Crippen LogP contribution in [0.5, 0.6) is 0 Å². The molecule has 9 rings (SSSR count). The van der Waals surface area contributed by atoms with Crippen molar-refractivity contribution < 1.29 is 0 Å². The average molecular weight is 527 g/mol. The first-order valence-electron chi connectivity index (χ1n) is 13.6. The van der Waals surface area contributed by atoms with Crippen molar-refractivity contribution >= 4 is 75.0 Å². The van der Waals surface area contributed by atoms with Crippen molar-refractivity contribution in [3.05, 3.63) is 134 Å². The molecule has 3 heteroatoms. The second-order valence-corrected chi connectivity index (χ2v) is 11.5. The summed E-state index contributed by atoms with van der Waals surface area (Å²) >= 11 is 1.86. The van der Waals surface area contributed by atoms with Crippen LogP contribution in [-0.2, 0) is 0 Å². The summed E-state index contributed by atoms with van der Waals surface area (Å²) in [6, 6.07) is 46.1. The first-order valence-corrected chi connectivity index (χ1v) is 14.4. The minimum absolute atomic E-state index is 1.03. The lowest BCUT2D eigenvalue weighted by molar-refractivity contribution is 1.20. The fourth-order valence-electron chi connectivity index (χ4n) is 6.36. The van der Waals surface area contributed by atoms with Gasteiger partial charge in [-0.1, -0.05) is 97.1 Å². The molecule has 3 heterocycles. The Bertz CT molecular complexity index is 2430. The molecule has 0 aliphatic carbocycles. The smallest absolute Gasteiger partial charge is 0.0964 e. The van der Waals surface area contributed by atoms with E-state index in [2.05, 4.69) is 132 Å². The predicted octanol–water partition coefficient (Wildman–Crippen LogP) is 10.5. The Morgan fingerprint density at radius 2 is 1.20 bits per heavy atom. The van der Waals surface area contributed by atoms with E-state index in [1.807, 2.05) is 17.5 Å². The number of thiophene rings is 1. The number of nitrogens with zero attached hydrogens (tertiary/aromatic N) is 2. The van der Waals surface area contributed by atoms with Crippen LogP contribution in [0.4, 0.5) is 0 Å². The molecule has 9 aromatic rings. The predicted molar refractivity (Wildman–Crippen MR) is 172 cm³/mol. The van der Waals surface area contributed by atoms with Gasteiger partial charge in [-0.25, -0.2) is 0 Å². The first kappa shape index (κ1) is 21.9. The molecule has 0 aliphatic rings. The molecule has 0 radical (unpaired) electrons. The van der Waals surface area contributed by atoms with Crippen LogP contribution in [0, 0.1) is 0 Å². The summed E-state index contributed by atoms with van der Waals surface area (Å²) in [7, 11) is 0. The fraction of sp³-hybridized carbons (Fsp3) is 0. The van der Waals surface area contributed by atoms with E-state index in [9.17, 15) is 0 Å². The molecule has 0 saturated carbocycles. The Balaban J connectivity index is 1.48. The van der Waals surface area contributed by atoms with Gasteiger partial charge in [0, 0.05) is 42.7 Å². The maximum absolute atomic E-state index is 5.13. The third kappa shape index (κ3) is 3.07. The summed E-state index contributed by atoms with van der Waals surface area (Å²) in [5, 5.41) is 8.80. The van der Waals surface area contributed by atoms with Crippen LogP contribution >= 0.6 is 11.3 Å². The zero-order valence-electron chi connectivity index (χ0n) is 21.5. The molecule has 0 spiro atoms. The van der Waals surface area contributed by atoms with Gasteiger partial charge < -0.3 is 4.57 Å². The van der Waals surface area contributed by atoms with Gasteiger partial charge >= 0.3 is 0 Å². The van der Waals surface area contributed by atoms with Gasteiger partial charge in [0.15, 0.2) is 0 Å². The average Bonchev–Trinajstić information content (AvgIpc) is 3.54. The number of rotatable bonds is 2. The van der Waals surface area contributed by atoms with Gasteiger partial charge in [-0.2, -0.15) is 0 Å². The SMILES string of the molecule is c1ccc(-c2cnc3c4cc5c(cc4n(-c4cc6ccccc6c6ccccc46)c3c2)sc2ccccc25)cc1. The minimum Gasteiger partial charge on any atom is -0.307 e. The van der Waals surface area contributed by atoms with Crippen LogP contribution < -0.4 is 0 Å². The van der Waals surface area contributed by atoms with Crippen LogP contribution in [0.2, 0.25) is 0 Å². The Morgan fingerprint density at radius 3 is 2.08 bits per heavy atom. The van der Waals surface area contributed by atoms with E-state index in [4.69, 9.17) is 4.98 Å². The molecule has 3 aromatic heterocycles.